The van der Waals surface area contributed by atoms with E-state index in [1.165, 1.54) is 0 Å². The van der Waals surface area contributed by atoms with Gasteiger partial charge in [-0.05, 0) is 29.5 Å². The summed E-state index contributed by atoms with van der Waals surface area (Å²) >= 11 is 0. The van der Waals surface area contributed by atoms with E-state index in [2.05, 4.69) is 0 Å². The summed E-state index contributed by atoms with van der Waals surface area (Å²) in [6, 6.07) is 18.0. The molecule has 1 fully saturated rings. The molecule has 2 aromatic rings. The van der Waals surface area contributed by atoms with Crippen LogP contribution in [-0.4, -0.2) is 11.1 Å². The lowest BCUT2D eigenvalue weighted by molar-refractivity contribution is -0.147. The van der Waals surface area contributed by atoms with E-state index in [0.717, 1.165) is 36.0 Å². The van der Waals surface area contributed by atoms with E-state index in [0.29, 0.717) is 0 Å². The summed E-state index contributed by atoms with van der Waals surface area (Å²) in [7, 11) is 0. The molecular formula is C17H16O2. The van der Waals surface area contributed by atoms with Crippen molar-refractivity contribution >= 4 is 5.97 Å². The summed E-state index contributed by atoms with van der Waals surface area (Å²) < 4.78 is 0. The van der Waals surface area contributed by atoms with E-state index in [1.54, 1.807) is 0 Å². The van der Waals surface area contributed by atoms with Gasteiger partial charge in [0.15, 0.2) is 0 Å². The lowest BCUT2D eigenvalue weighted by Crippen LogP contribution is -2.42. The second kappa shape index (κ2) is 4.54. The van der Waals surface area contributed by atoms with Crippen molar-refractivity contribution < 1.29 is 9.90 Å². The maximum Gasteiger partial charge on any atom is 0.314 e. The summed E-state index contributed by atoms with van der Waals surface area (Å²) in [6.07, 6.45) is 2.50. The highest BCUT2D eigenvalue weighted by Gasteiger charge is 2.45. The number of aliphatic carboxylic acids is 1. The molecule has 2 heteroatoms. The van der Waals surface area contributed by atoms with Gasteiger partial charge < -0.3 is 5.11 Å². The molecule has 0 atom stereocenters. The Balaban J connectivity index is 2.03. The van der Waals surface area contributed by atoms with Gasteiger partial charge in [-0.15, -0.1) is 0 Å². The molecular weight excluding hydrogens is 236 g/mol. The molecule has 0 saturated heterocycles. The molecule has 0 radical (unpaired) electrons. The third kappa shape index (κ3) is 1.93. The second-order valence-corrected chi connectivity index (χ2v) is 5.19. The Labute approximate surface area is 112 Å². The van der Waals surface area contributed by atoms with Crippen LogP contribution < -0.4 is 0 Å². The van der Waals surface area contributed by atoms with E-state index < -0.39 is 11.4 Å². The summed E-state index contributed by atoms with van der Waals surface area (Å²) in [5.74, 6) is -0.691. The van der Waals surface area contributed by atoms with E-state index in [1.807, 2.05) is 54.6 Å². The van der Waals surface area contributed by atoms with Gasteiger partial charge in [0.1, 0.15) is 0 Å². The van der Waals surface area contributed by atoms with Gasteiger partial charge in [-0.2, -0.15) is 0 Å². The molecule has 2 aromatic carbocycles. The van der Waals surface area contributed by atoms with Crippen molar-refractivity contribution in [1.82, 2.24) is 0 Å². The number of hydrogen-bond donors (Lipinski definition) is 1. The van der Waals surface area contributed by atoms with Crippen molar-refractivity contribution in [2.45, 2.75) is 24.7 Å². The van der Waals surface area contributed by atoms with Gasteiger partial charge >= 0.3 is 5.97 Å². The first kappa shape index (κ1) is 12.0. The number of carboxylic acid groups (broad SMARTS) is 1. The van der Waals surface area contributed by atoms with Gasteiger partial charge in [0.2, 0.25) is 0 Å². The highest BCUT2D eigenvalue weighted by Crippen LogP contribution is 2.44. The minimum absolute atomic E-state index is 0.648. The number of rotatable bonds is 3. The highest BCUT2D eigenvalue weighted by molar-refractivity contribution is 5.83. The zero-order chi connectivity index (χ0) is 13.3. The molecule has 0 aromatic heterocycles. The number of hydrogen-bond acceptors (Lipinski definition) is 1. The van der Waals surface area contributed by atoms with Crippen molar-refractivity contribution in [3.8, 4) is 11.1 Å². The van der Waals surface area contributed by atoms with Crippen LogP contribution in [0.5, 0.6) is 0 Å². The molecule has 0 spiro atoms. The molecule has 1 aliphatic carbocycles. The molecule has 2 nitrogen and oxygen atoms in total. The zero-order valence-corrected chi connectivity index (χ0v) is 10.7. The van der Waals surface area contributed by atoms with E-state index >= 15 is 0 Å². The van der Waals surface area contributed by atoms with Gasteiger partial charge in [0.05, 0.1) is 5.41 Å². The van der Waals surface area contributed by atoms with Crippen LogP contribution in [0.2, 0.25) is 0 Å². The van der Waals surface area contributed by atoms with Gasteiger partial charge in [-0.25, -0.2) is 0 Å². The first-order valence-electron chi connectivity index (χ1n) is 6.62. The Kier molecular flexibility index (Phi) is 2.86. The average Bonchev–Trinajstić information content (AvgIpc) is 2.38. The molecule has 0 amide bonds. The normalized spacial score (nSPS) is 16.6. The van der Waals surface area contributed by atoms with Crippen LogP contribution in [0.1, 0.15) is 24.8 Å². The number of carboxylic acids is 1. The summed E-state index contributed by atoms with van der Waals surface area (Å²) in [5, 5.41) is 9.50. The Bertz CT molecular complexity index is 598. The summed E-state index contributed by atoms with van der Waals surface area (Å²) in [4.78, 5) is 11.6. The zero-order valence-electron chi connectivity index (χ0n) is 10.7. The largest absolute Gasteiger partial charge is 0.481 e. The third-order valence-electron chi connectivity index (χ3n) is 4.14. The van der Waals surface area contributed by atoms with E-state index in [4.69, 9.17) is 0 Å². The van der Waals surface area contributed by atoms with Crippen LogP contribution in [-0.2, 0) is 10.2 Å². The Hall–Kier alpha value is -2.09. The molecule has 0 heterocycles. The second-order valence-electron chi connectivity index (χ2n) is 5.19. The first-order chi connectivity index (χ1) is 9.22. The van der Waals surface area contributed by atoms with E-state index in [9.17, 15) is 9.90 Å². The van der Waals surface area contributed by atoms with Crippen molar-refractivity contribution in [2.24, 2.45) is 0 Å². The average molecular weight is 252 g/mol. The maximum atomic E-state index is 11.6. The third-order valence-corrected chi connectivity index (χ3v) is 4.14. The van der Waals surface area contributed by atoms with Crippen molar-refractivity contribution in [3.63, 3.8) is 0 Å². The topological polar surface area (TPSA) is 37.3 Å². The molecule has 0 aliphatic heterocycles. The molecule has 1 saturated carbocycles. The van der Waals surface area contributed by atoms with Crippen LogP contribution >= 0.6 is 0 Å². The molecule has 0 unspecified atom stereocenters. The minimum atomic E-state index is -0.691. The molecule has 19 heavy (non-hydrogen) atoms. The van der Waals surface area contributed by atoms with Gasteiger partial charge in [-0.1, -0.05) is 61.0 Å². The van der Waals surface area contributed by atoms with Crippen LogP contribution in [0.15, 0.2) is 54.6 Å². The monoisotopic (exact) mass is 252 g/mol. The maximum absolute atomic E-state index is 11.6. The molecule has 1 aliphatic rings. The van der Waals surface area contributed by atoms with Gasteiger partial charge in [0.25, 0.3) is 0 Å². The quantitative estimate of drug-likeness (QED) is 0.900. The predicted molar refractivity (Wildman–Crippen MR) is 75.0 cm³/mol. The van der Waals surface area contributed by atoms with Crippen molar-refractivity contribution in [3.05, 3.63) is 60.2 Å². The van der Waals surface area contributed by atoms with Crippen LogP contribution in [0.3, 0.4) is 0 Å². The summed E-state index contributed by atoms with van der Waals surface area (Å²) in [5.41, 5.74) is 2.51. The lowest BCUT2D eigenvalue weighted by atomic mass is 9.64. The minimum Gasteiger partial charge on any atom is -0.481 e. The van der Waals surface area contributed by atoms with Crippen molar-refractivity contribution in [1.29, 1.82) is 0 Å². The Morgan fingerprint density at radius 3 is 2.21 bits per heavy atom. The molecule has 1 N–H and O–H groups in total. The Morgan fingerprint density at radius 2 is 1.63 bits per heavy atom. The van der Waals surface area contributed by atoms with Crippen LogP contribution in [0.4, 0.5) is 0 Å². The fraction of sp³-hybridized carbons (Fsp3) is 0.235. The molecule has 0 bridgehead atoms. The van der Waals surface area contributed by atoms with Crippen LogP contribution in [0.25, 0.3) is 11.1 Å². The lowest BCUT2D eigenvalue weighted by Gasteiger charge is -2.38. The smallest absolute Gasteiger partial charge is 0.314 e. The molecule has 3 rings (SSSR count). The fourth-order valence-electron chi connectivity index (χ4n) is 2.78. The summed E-state index contributed by atoms with van der Waals surface area (Å²) in [6.45, 7) is 0. The SMILES string of the molecule is O=C(O)C1(c2cccc(-c3ccccc3)c2)CCC1. The van der Waals surface area contributed by atoms with Gasteiger partial charge in [0, 0.05) is 0 Å². The Morgan fingerprint density at radius 1 is 0.947 bits per heavy atom. The fourth-order valence-corrected chi connectivity index (χ4v) is 2.78. The number of benzene rings is 2. The van der Waals surface area contributed by atoms with Gasteiger partial charge in [-0.3, -0.25) is 4.79 Å². The predicted octanol–water partition coefficient (Wildman–Crippen LogP) is 3.86. The van der Waals surface area contributed by atoms with Crippen molar-refractivity contribution in [2.75, 3.05) is 0 Å². The first-order valence-corrected chi connectivity index (χ1v) is 6.62. The van der Waals surface area contributed by atoms with E-state index in [-0.39, 0.29) is 0 Å². The van der Waals surface area contributed by atoms with Crippen LogP contribution in [0, 0.1) is 0 Å². The standard InChI is InChI=1S/C17H16O2/c18-16(19)17(10-5-11-17)15-9-4-8-14(12-15)13-6-2-1-3-7-13/h1-4,6-9,12H,5,10-11H2,(H,18,19). The molecule has 96 valence electrons. The number of carbonyl (C=O) groups is 1. The highest BCUT2D eigenvalue weighted by atomic mass is 16.4.